The van der Waals surface area contributed by atoms with Crippen molar-refractivity contribution in [1.82, 2.24) is 15.0 Å². The summed E-state index contributed by atoms with van der Waals surface area (Å²) < 4.78 is 19.4. The topological polar surface area (TPSA) is 66.0 Å². The number of hydrogen-bond acceptors (Lipinski definition) is 4. The van der Waals surface area contributed by atoms with Gasteiger partial charge in [-0.1, -0.05) is 5.21 Å². The second-order valence-electron chi connectivity index (χ2n) is 2.91. The van der Waals surface area contributed by atoms with E-state index < -0.39 is 5.82 Å². The fourth-order valence-corrected chi connectivity index (χ4v) is 1.19. The molecule has 0 fully saturated rings. The molecule has 2 aromatic rings. The summed E-state index contributed by atoms with van der Waals surface area (Å²) in [6, 6.07) is 4.38. The Balaban J connectivity index is 2.45. The number of methoxy groups -OCH3 is 1. The van der Waals surface area contributed by atoms with Crippen molar-refractivity contribution in [3.05, 3.63) is 30.2 Å². The number of aromatic nitrogens is 3. The lowest BCUT2D eigenvalue weighted by Crippen LogP contribution is -1.97. The lowest BCUT2D eigenvalue weighted by atomic mass is 10.3. The van der Waals surface area contributed by atoms with Crippen molar-refractivity contribution in [2.75, 3.05) is 12.8 Å². The molecule has 0 saturated carbocycles. The van der Waals surface area contributed by atoms with E-state index in [1.165, 1.54) is 30.1 Å². The van der Waals surface area contributed by atoms with Crippen LogP contribution in [0.3, 0.4) is 0 Å². The molecule has 6 heteroatoms. The molecule has 78 valence electrons. The van der Waals surface area contributed by atoms with E-state index in [2.05, 4.69) is 10.3 Å². The van der Waals surface area contributed by atoms with E-state index in [9.17, 15) is 4.39 Å². The maximum atomic E-state index is 13.1. The highest BCUT2D eigenvalue weighted by Gasteiger charge is 2.05. The van der Waals surface area contributed by atoms with Crippen molar-refractivity contribution < 1.29 is 9.13 Å². The van der Waals surface area contributed by atoms with E-state index in [0.29, 0.717) is 11.5 Å². The normalized spacial score (nSPS) is 10.3. The number of nitrogens with two attached hydrogens (primary N) is 1. The summed E-state index contributed by atoms with van der Waals surface area (Å²) in [6.07, 6.45) is 1.53. The van der Waals surface area contributed by atoms with E-state index >= 15 is 0 Å². The Morgan fingerprint density at radius 3 is 2.87 bits per heavy atom. The van der Waals surface area contributed by atoms with Crippen LogP contribution < -0.4 is 10.5 Å². The Bertz CT molecular complexity index is 483. The minimum Gasteiger partial charge on any atom is -0.494 e. The number of nitrogens with zero attached hydrogens (tertiary/aromatic N) is 3. The van der Waals surface area contributed by atoms with E-state index in [1.54, 1.807) is 6.07 Å². The van der Waals surface area contributed by atoms with Gasteiger partial charge in [0.05, 0.1) is 19.0 Å². The summed E-state index contributed by atoms with van der Waals surface area (Å²) >= 11 is 0. The van der Waals surface area contributed by atoms with Gasteiger partial charge < -0.3 is 10.5 Å². The predicted molar refractivity (Wildman–Crippen MR) is 52.3 cm³/mol. The van der Waals surface area contributed by atoms with Crippen LogP contribution in [0.2, 0.25) is 0 Å². The van der Waals surface area contributed by atoms with Crippen LogP contribution in [-0.4, -0.2) is 22.1 Å². The molecule has 0 aliphatic heterocycles. The number of anilines is 1. The molecule has 0 spiro atoms. The average Bonchev–Trinajstić information content (AvgIpc) is 2.66. The highest BCUT2D eigenvalue weighted by molar-refractivity contribution is 5.40. The van der Waals surface area contributed by atoms with Crippen molar-refractivity contribution in [3.8, 4) is 11.4 Å². The highest BCUT2D eigenvalue weighted by atomic mass is 19.1. The highest BCUT2D eigenvalue weighted by Crippen LogP contribution is 2.20. The zero-order valence-electron chi connectivity index (χ0n) is 8.01. The maximum absolute atomic E-state index is 13.1. The summed E-state index contributed by atoms with van der Waals surface area (Å²) in [5.74, 6) is 0.0363. The number of rotatable bonds is 2. The van der Waals surface area contributed by atoms with Crippen LogP contribution in [0.15, 0.2) is 24.4 Å². The molecule has 15 heavy (non-hydrogen) atoms. The third-order valence-electron chi connectivity index (χ3n) is 1.91. The molecule has 0 atom stereocenters. The minimum absolute atomic E-state index is 0.154. The van der Waals surface area contributed by atoms with Crippen molar-refractivity contribution in [3.63, 3.8) is 0 Å². The van der Waals surface area contributed by atoms with E-state index in [4.69, 9.17) is 10.5 Å². The molecule has 1 aromatic carbocycles. The van der Waals surface area contributed by atoms with Crippen LogP contribution >= 0.6 is 0 Å². The maximum Gasteiger partial charge on any atom is 0.166 e. The monoisotopic (exact) mass is 208 g/mol. The number of halogens is 1. The van der Waals surface area contributed by atoms with E-state index in [1.807, 2.05) is 0 Å². The zero-order valence-corrected chi connectivity index (χ0v) is 8.01. The predicted octanol–water partition coefficient (Wildman–Crippen LogP) is 0.997. The first-order valence-electron chi connectivity index (χ1n) is 4.22. The van der Waals surface area contributed by atoms with Crippen LogP contribution in [0.5, 0.6) is 5.75 Å². The Morgan fingerprint density at radius 2 is 2.27 bits per heavy atom. The molecule has 2 rings (SSSR count). The molecular formula is C9H9FN4O. The van der Waals surface area contributed by atoms with Crippen LogP contribution in [0, 0.1) is 5.82 Å². The molecular weight excluding hydrogens is 199 g/mol. The smallest absolute Gasteiger partial charge is 0.166 e. The fraction of sp³-hybridized carbons (Fsp3) is 0.111. The Labute approximate surface area is 85.3 Å². The zero-order chi connectivity index (χ0) is 10.8. The molecule has 2 N–H and O–H groups in total. The van der Waals surface area contributed by atoms with Gasteiger partial charge in [-0.15, -0.1) is 5.10 Å². The van der Waals surface area contributed by atoms with Gasteiger partial charge in [0.25, 0.3) is 0 Å². The SMILES string of the molecule is COc1cc(-n2cc(N)nn2)ccc1F. The average molecular weight is 208 g/mol. The quantitative estimate of drug-likeness (QED) is 0.799. The summed E-state index contributed by atoms with van der Waals surface area (Å²) in [6.45, 7) is 0. The molecule has 0 saturated heterocycles. The molecule has 0 aliphatic rings. The second-order valence-corrected chi connectivity index (χ2v) is 2.91. The Hall–Kier alpha value is -2.11. The fourth-order valence-electron chi connectivity index (χ4n) is 1.19. The molecule has 1 heterocycles. The largest absolute Gasteiger partial charge is 0.494 e. The van der Waals surface area contributed by atoms with Crippen molar-refractivity contribution in [1.29, 1.82) is 0 Å². The summed E-state index contributed by atoms with van der Waals surface area (Å²) in [5.41, 5.74) is 6.05. The van der Waals surface area contributed by atoms with Gasteiger partial charge in [0, 0.05) is 6.07 Å². The molecule has 5 nitrogen and oxygen atoms in total. The first-order chi connectivity index (χ1) is 7.20. The molecule has 0 radical (unpaired) electrons. The Kier molecular flexibility index (Phi) is 2.24. The van der Waals surface area contributed by atoms with Crippen LogP contribution in [-0.2, 0) is 0 Å². The van der Waals surface area contributed by atoms with Crippen LogP contribution in [0.1, 0.15) is 0 Å². The standard InChI is InChI=1S/C9H9FN4O/c1-15-8-4-6(2-3-7(8)10)14-5-9(11)12-13-14/h2-5H,11H2,1H3. The van der Waals surface area contributed by atoms with Gasteiger partial charge >= 0.3 is 0 Å². The van der Waals surface area contributed by atoms with Crippen LogP contribution in [0.25, 0.3) is 5.69 Å². The number of ether oxygens (including phenoxy) is 1. The van der Waals surface area contributed by atoms with Gasteiger partial charge in [0.15, 0.2) is 17.4 Å². The number of hydrogen-bond donors (Lipinski definition) is 1. The lowest BCUT2D eigenvalue weighted by Gasteiger charge is -2.04. The lowest BCUT2D eigenvalue weighted by molar-refractivity contribution is 0.386. The molecule has 0 amide bonds. The first kappa shape index (κ1) is 9.45. The molecule has 0 bridgehead atoms. The molecule has 0 unspecified atom stereocenters. The van der Waals surface area contributed by atoms with Gasteiger partial charge in [-0.25, -0.2) is 9.07 Å². The summed E-state index contributed by atoms with van der Waals surface area (Å²) in [5, 5.41) is 7.38. The van der Waals surface area contributed by atoms with Crippen LogP contribution in [0.4, 0.5) is 10.2 Å². The van der Waals surface area contributed by atoms with E-state index in [0.717, 1.165) is 0 Å². The van der Waals surface area contributed by atoms with Gasteiger partial charge in [0.2, 0.25) is 0 Å². The Morgan fingerprint density at radius 1 is 1.47 bits per heavy atom. The second kappa shape index (κ2) is 3.56. The van der Waals surface area contributed by atoms with E-state index in [-0.39, 0.29) is 5.75 Å². The summed E-state index contributed by atoms with van der Waals surface area (Å²) in [4.78, 5) is 0. The molecule has 0 aliphatic carbocycles. The summed E-state index contributed by atoms with van der Waals surface area (Å²) in [7, 11) is 1.40. The van der Waals surface area contributed by atoms with Gasteiger partial charge in [-0.3, -0.25) is 0 Å². The van der Waals surface area contributed by atoms with Gasteiger partial charge in [0.1, 0.15) is 0 Å². The molecule has 1 aromatic heterocycles. The first-order valence-corrected chi connectivity index (χ1v) is 4.22. The van der Waals surface area contributed by atoms with Gasteiger partial charge in [-0.2, -0.15) is 0 Å². The van der Waals surface area contributed by atoms with Crippen molar-refractivity contribution in [2.45, 2.75) is 0 Å². The third-order valence-corrected chi connectivity index (χ3v) is 1.91. The third kappa shape index (κ3) is 1.74. The number of benzene rings is 1. The minimum atomic E-state index is -0.422. The van der Waals surface area contributed by atoms with Crippen molar-refractivity contribution in [2.24, 2.45) is 0 Å². The van der Waals surface area contributed by atoms with Crippen molar-refractivity contribution >= 4 is 5.82 Å². The number of nitrogen functional groups attached to an aromatic ring is 1. The van der Waals surface area contributed by atoms with Gasteiger partial charge in [-0.05, 0) is 12.1 Å².